The van der Waals surface area contributed by atoms with E-state index in [1.165, 1.54) is 6.20 Å². The third-order valence-electron chi connectivity index (χ3n) is 3.56. The van der Waals surface area contributed by atoms with Crippen LogP contribution < -0.4 is 5.32 Å². The summed E-state index contributed by atoms with van der Waals surface area (Å²) in [6.07, 6.45) is 5.17. The van der Waals surface area contributed by atoms with Gasteiger partial charge in [0.1, 0.15) is 6.04 Å². The Morgan fingerprint density at radius 3 is 2.57 bits per heavy atom. The molecule has 0 bridgehead atoms. The van der Waals surface area contributed by atoms with Gasteiger partial charge in [0, 0.05) is 18.0 Å². The number of hydrogen-bond acceptors (Lipinski definition) is 3. The first-order chi connectivity index (χ1) is 11.1. The van der Waals surface area contributed by atoms with E-state index in [9.17, 15) is 14.7 Å². The largest absolute Gasteiger partial charge is 0.480 e. The third kappa shape index (κ3) is 4.64. The molecule has 1 amide bonds. The lowest BCUT2D eigenvalue weighted by atomic mass is 10.1. The molecule has 0 fully saturated rings. The summed E-state index contributed by atoms with van der Waals surface area (Å²) >= 11 is 0. The van der Waals surface area contributed by atoms with Gasteiger partial charge in [-0.3, -0.25) is 9.78 Å². The van der Waals surface area contributed by atoms with E-state index in [1.807, 2.05) is 37.3 Å². The topological polar surface area (TPSA) is 79.3 Å². The van der Waals surface area contributed by atoms with Crippen molar-refractivity contribution in [2.75, 3.05) is 0 Å². The Kier molecular flexibility index (Phi) is 5.86. The second-order valence-electron chi connectivity index (χ2n) is 5.33. The first-order valence-electron chi connectivity index (χ1n) is 7.66. The molecule has 1 atom stereocenters. The zero-order valence-corrected chi connectivity index (χ0v) is 13.0. The Morgan fingerprint density at radius 1 is 1.17 bits per heavy atom. The van der Waals surface area contributed by atoms with Crippen LogP contribution in [0, 0.1) is 0 Å². The lowest BCUT2D eigenvalue weighted by molar-refractivity contribution is -0.139. The minimum absolute atomic E-state index is 0.356. The first kappa shape index (κ1) is 16.7. The standard InChI is InChI=1S/C18H20N2O3/c1-2-3-9-16(18(22)23)20-17(21)15-10-14(11-19-12-15)13-7-5-4-6-8-13/h4-8,10-12,16H,2-3,9H2,1H3,(H,20,21)(H,22,23)/t16-/m0/s1. The minimum atomic E-state index is -1.01. The smallest absolute Gasteiger partial charge is 0.326 e. The number of rotatable bonds is 7. The van der Waals surface area contributed by atoms with E-state index in [1.54, 1.807) is 12.3 Å². The molecule has 120 valence electrons. The van der Waals surface area contributed by atoms with E-state index in [4.69, 9.17) is 0 Å². The highest BCUT2D eigenvalue weighted by molar-refractivity contribution is 5.97. The molecule has 1 aromatic heterocycles. The molecule has 2 aromatic rings. The third-order valence-corrected chi connectivity index (χ3v) is 3.56. The number of unbranched alkanes of at least 4 members (excludes halogenated alkanes) is 1. The van der Waals surface area contributed by atoms with E-state index in [0.29, 0.717) is 12.0 Å². The number of hydrogen-bond donors (Lipinski definition) is 2. The van der Waals surface area contributed by atoms with Crippen molar-refractivity contribution >= 4 is 11.9 Å². The molecule has 0 saturated carbocycles. The fourth-order valence-electron chi connectivity index (χ4n) is 2.26. The Balaban J connectivity index is 2.14. The fraction of sp³-hybridized carbons (Fsp3) is 0.278. The normalized spacial score (nSPS) is 11.7. The van der Waals surface area contributed by atoms with Gasteiger partial charge in [-0.2, -0.15) is 0 Å². The number of pyridine rings is 1. The van der Waals surface area contributed by atoms with Crippen molar-refractivity contribution < 1.29 is 14.7 Å². The lowest BCUT2D eigenvalue weighted by Crippen LogP contribution is -2.40. The van der Waals surface area contributed by atoms with Crippen molar-refractivity contribution in [3.63, 3.8) is 0 Å². The van der Waals surface area contributed by atoms with E-state index < -0.39 is 17.9 Å². The summed E-state index contributed by atoms with van der Waals surface area (Å²) in [4.78, 5) is 27.6. The fourth-order valence-corrected chi connectivity index (χ4v) is 2.26. The maximum absolute atomic E-state index is 12.3. The predicted octanol–water partition coefficient (Wildman–Crippen LogP) is 3.12. The summed E-state index contributed by atoms with van der Waals surface area (Å²) in [5.41, 5.74) is 2.13. The second-order valence-corrected chi connectivity index (χ2v) is 5.33. The first-order valence-corrected chi connectivity index (χ1v) is 7.66. The number of carboxylic acid groups (broad SMARTS) is 1. The van der Waals surface area contributed by atoms with E-state index >= 15 is 0 Å². The average Bonchev–Trinajstić information content (AvgIpc) is 2.59. The molecule has 5 heteroatoms. The van der Waals surface area contributed by atoms with Gasteiger partial charge in [0.05, 0.1) is 5.56 Å². The molecule has 2 N–H and O–H groups in total. The average molecular weight is 312 g/mol. The Morgan fingerprint density at radius 2 is 1.91 bits per heavy atom. The molecule has 0 saturated heterocycles. The van der Waals surface area contributed by atoms with Crippen molar-refractivity contribution in [3.8, 4) is 11.1 Å². The van der Waals surface area contributed by atoms with Crippen LogP contribution in [0.2, 0.25) is 0 Å². The molecule has 1 heterocycles. The van der Waals surface area contributed by atoms with Gasteiger partial charge in [-0.15, -0.1) is 0 Å². The van der Waals surface area contributed by atoms with Crippen LogP contribution in [0.4, 0.5) is 0 Å². The highest BCUT2D eigenvalue weighted by Gasteiger charge is 2.20. The van der Waals surface area contributed by atoms with Crippen LogP contribution in [-0.2, 0) is 4.79 Å². The molecule has 5 nitrogen and oxygen atoms in total. The van der Waals surface area contributed by atoms with Crippen LogP contribution in [-0.4, -0.2) is 28.0 Å². The molecule has 0 aliphatic carbocycles. The van der Waals surface area contributed by atoms with Crippen molar-refractivity contribution in [2.45, 2.75) is 32.2 Å². The van der Waals surface area contributed by atoms with Crippen LogP contribution in [0.15, 0.2) is 48.8 Å². The monoisotopic (exact) mass is 312 g/mol. The van der Waals surface area contributed by atoms with Gasteiger partial charge in [-0.1, -0.05) is 50.1 Å². The Hall–Kier alpha value is -2.69. The number of benzene rings is 1. The molecule has 1 aromatic carbocycles. The zero-order valence-electron chi connectivity index (χ0n) is 13.0. The number of nitrogens with zero attached hydrogens (tertiary/aromatic N) is 1. The molecule has 23 heavy (non-hydrogen) atoms. The number of nitrogens with one attached hydrogen (secondary N) is 1. The van der Waals surface area contributed by atoms with Gasteiger partial charge in [0.2, 0.25) is 0 Å². The lowest BCUT2D eigenvalue weighted by Gasteiger charge is -2.14. The number of aliphatic carboxylic acids is 1. The summed E-state index contributed by atoms with van der Waals surface area (Å²) in [7, 11) is 0. The molecular weight excluding hydrogens is 292 g/mol. The van der Waals surface area contributed by atoms with Crippen molar-refractivity contribution in [1.82, 2.24) is 10.3 Å². The molecule has 0 spiro atoms. The van der Waals surface area contributed by atoms with E-state index in [2.05, 4.69) is 10.3 Å². The summed E-state index contributed by atoms with van der Waals surface area (Å²) in [6, 6.07) is 10.4. The maximum atomic E-state index is 12.3. The molecule has 2 rings (SSSR count). The van der Waals surface area contributed by atoms with Gasteiger partial charge < -0.3 is 10.4 Å². The molecule has 0 radical (unpaired) electrons. The molecule has 0 aliphatic heterocycles. The summed E-state index contributed by atoms with van der Waals surface area (Å²) in [5, 5.41) is 11.8. The highest BCUT2D eigenvalue weighted by Crippen LogP contribution is 2.18. The Labute approximate surface area is 135 Å². The van der Waals surface area contributed by atoms with Crippen molar-refractivity contribution in [2.24, 2.45) is 0 Å². The number of carbonyl (C=O) groups is 2. The van der Waals surface area contributed by atoms with Gasteiger partial charge in [0.25, 0.3) is 5.91 Å². The zero-order chi connectivity index (χ0) is 16.7. The number of amides is 1. The molecule has 0 unspecified atom stereocenters. The predicted molar refractivity (Wildman–Crippen MR) is 88.1 cm³/mol. The summed E-state index contributed by atoms with van der Waals surface area (Å²) < 4.78 is 0. The second kappa shape index (κ2) is 8.08. The number of aromatic nitrogens is 1. The highest BCUT2D eigenvalue weighted by atomic mass is 16.4. The SMILES string of the molecule is CCCC[C@H](NC(=O)c1cncc(-c2ccccc2)c1)C(=O)O. The summed E-state index contributed by atoms with van der Waals surface area (Å²) in [5.74, 6) is -1.43. The van der Waals surface area contributed by atoms with Crippen LogP contribution in [0.3, 0.4) is 0 Å². The van der Waals surface area contributed by atoms with E-state index in [0.717, 1.165) is 24.0 Å². The van der Waals surface area contributed by atoms with Gasteiger partial charge in [0.15, 0.2) is 0 Å². The quantitative estimate of drug-likeness (QED) is 0.823. The van der Waals surface area contributed by atoms with Crippen molar-refractivity contribution in [3.05, 3.63) is 54.4 Å². The van der Waals surface area contributed by atoms with Crippen LogP contribution in [0.1, 0.15) is 36.5 Å². The van der Waals surface area contributed by atoms with Gasteiger partial charge in [-0.25, -0.2) is 4.79 Å². The summed E-state index contributed by atoms with van der Waals surface area (Å²) in [6.45, 7) is 1.98. The van der Waals surface area contributed by atoms with Gasteiger partial charge >= 0.3 is 5.97 Å². The minimum Gasteiger partial charge on any atom is -0.480 e. The number of carboxylic acids is 1. The Bertz CT molecular complexity index is 671. The van der Waals surface area contributed by atoms with E-state index in [-0.39, 0.29) is 0 Å². The van der Waals surface area contributed by atoms with Crippen LogP contribution in [0.5, 0.6) is 0 Å². The molecule has 0 aliphatic rings. The van der Waals surface area contributed by atoms with Crippen molar-refractivity contribution in [1.29, 1.82) is 0 Å². The number of carbonyl (C=O) groups excluding carboxylic acids is 1. The maximum Gasteiger partial charge on any atom is 0.326 e. The van der Waals surface area contributed by atoms with Crippen LogP contribution in [0.25, 0.3) is 11.1 Å². The van der Waals surface area contributed by atoms with Gasteiger partial charge in [-0.05, 0) is 18.1 Å². The van der Waals surface area contributed by atoms with Crippen LogP contribution >= 0.6 is 0 Å². The molecular formula is C18H20N2O3.